The van der Waals surface area contributed by atoms with Crippen LogP contribution in [0.4, 0.5) is 5.82 Å². The van der Waals surface area contributed by atoms with Crippen molar-refractivity contribution in [2.24, 2.45) is 0 Å². The first-order chi connectivity index (χ1) is 12.1. The van der Waals surface area contributed by atoms with E-state index < -0.39 is 0 Å². The summed E-state index contributed by atoms with van der Waals surface area (Å²) in [6, 6.07) is 1.68. The van der Waals surface area contributed by atoms with Crippen molar-refractivity contribution < 1.29 is 9.59 Å². The minimum Gasteiger partial charge on any atom is -0.352 e. The molecule has 1 fully saturated rings. The Morgan fingerprint density at radius 3 is 2.68 bits per heavy atom. The number of hydrogen-bond acceptors (Lipinski definition) is 7. The molecule has 1 aliphatic rings. The van der Waals surface area contributed by atoms with Crippen LogP contribution < -0.4 is 4.90 Å². The Bertz CT molecular complexity index is 941. The SMILES string of the molecule is CC(=O)c1csc(C(=O)N2CCN(c3cncc4ncnn34)CC2)c1. The number of thiophene rings is 1. The lowest BCUT2D eigenvalue weighted by molar-refractivity contribution is 0.0751. The van der Waals surface area contributed by atoms with E-state index in [0.717, 1.165) is 5.82 Å². The highest BCUT2D eigenvalue weighted by atomic mass is 32.1. The Morgan fingerprint density at radius 1 is 1.16 bits per heavy atom. The lowest BCUT2D eigenvalue weighted by Crippen LogP contribution is -2.49. The van der Waals surface area contributed by atoms with Gasteiger partial charge in [-0.25, -0.2) is 4.98 Å². The molecule has 0 N–H and O–H groups in total. The molecular weight excluding hydrogens is 340 g/mol. The van der Waals surface area contributed by atoms with Gasteiger partial charge in [-0.2, -0.15) is 9.61 Å². The predicted octanol–water partition coefficient (Wildman–Crippen LogP) is 1.35. The molecule has 9 heteroatoms. The zero-order valence-electron chi connectivity index (χ0n) is 13.6. The molecule has 0 aromatic carbocycles. The van der Waals surface area contributed by atoms with Crippen molar-refractivity contribution in [2.75, 3.05) is 31.1 Å². The standard InChI is InChI=1S/C16H16N6O2S/c1-11(23)12-6-13(25-9-12)16(24)21-4-2-20(3-5-21)15-8-17-7-14-18-10-19-22(14)15/h6-10H,2-5H2,1H3. The van der Waals surface area contributed by atoms with Gasteiger partial charge in [0.1, 0.15) is 6.33 Å². The third-order valence-electron chi connectivity index (χ3n) is 4.28. The van der Waals surface area contributed by atoms with Crippen molar-refractivity contribution in [1.29, 1.82) is 0 Å². The van der Waals surface area contributed by atoms with Gasteiger partial charge < -0.3 is 9.80 Å². The first kappa shape index (κ1) is 15.7. The Labute approximate surface area is 147 Å². The third kappa shape index (κ3) is 2.86. The molecule has 8 nitrogen and oxygen atoms in total. The highest BCUT2D eigenvalue weighted by Gasteiger charge is 2.25. The minimum absolute atomic E-state index is 0.0192. The molecule has 0 saturated carbocycles. The number of amides is 1. The molecule has 0 atom stereocenters. The van der Waals surface area contributed by atoms with Gasteiger partial charge in [-0.1, -0.05) is 0 Å². The van der Waals surface area contributed by atoms with Crippen molar-refractivity contribution >= 4 is 34.5 Å². The summed E-state index contributed by atoms with van der Waals surface area (Å²) in [7, 11) is 0. The molecule has 128 valence electrons. The van der Waals surface area contributed by atoms with Crippen LogP contribution in [0.2, 0.25) is 0 Å². The molecule has 1 saturated heterocycles. The summed E-state index contributed by atoms with van der Waals surface area (Å²) in [4.78, 5) is 36.9. The van der Waals surface area contributed by atoms with Crippen LogP contribution in [0, 0.1) is 0 Å². The number of carbonyl (C=O) groups excluding carboxylic acids is 2. The Hall–Kier alpha value is -2.81. The number of hydrogen-bond donors (Lipinski definition) is 0. The van der Waals surface area contributed by atoms with Crippen LogP contribution in [-0.2, 0) is 0 Å². The van der Waals surface area contributed by atoms with Crippen molar-refractivity contribution in [3.05, 3.63) is 40.6 Å². The summed E-state index contributed by atoms with van der Waals surface area (Å²) in [5, 5.41) is 5.97. The number of Topliss-reactive ketones (excluding diaryl/α,β-unsaturated/α-hetero) is 1. The maximum absolute atomic E-state index is 12.6. The van der Waals surface area contributed by atoms with Gasteiger partial charge in [-0.05, 0) is 13.0 Å². The molecule has 0 bridgehead atoms. The lowest BCUT2D eigenvalue weighted by atomic mass is 10.2. The molecule has 0 aliphatic carbocycles. The molecule has 0 radical (unpaired) electrons. The van der Waals surface area contributed by atoms with E-state index in [1.54, 1.807) is 28.4 Å². The second kappa shape index (κ2) is 6.25. The van der Waals surface area contributed by atoms with Crippen molar-refractivity contribution in [3.63, 3.8) is 0 Å². The number of nitrogens with zero attached hydrogens (tertiary/aromatic N) is 6. The molecule has 1 amide bonds. The Kier molecular flexibility index (Phi) is 3.92. The van der Waals surface area contributed by atoms with Gasteiger partial charge in [0.15, 0.2) is 17.2 Å². The number of piperazine rings is 1. The number of aromatic nitrogens is 4. The van der Waals surface area contributed by atoms with Crippen LogP contribution in [-0.4, -0.2) is 62.4 Å². The van der Waals surface area contributed by atoms with Crippen LogP contribution in [0.3, 0.4) is 0 Å². The highest BCUT2D eigenvalue weighted by Crippen LogP contribution is 2.20. The van der Waals surface area contributed by atoms with E-state index in [9.17, 15) is 9.59 Å². The maximum atomic E-state index is 12.6. The van der Waals surface area contributed by atoms with E-state index in [2.05, 4.69) is 20.0 Å². The molecular formula is C16H16N6O2S. The van der Waals surface area contributed by atoms with Crippen LogP contribution in [0.25, 0.3) is 5.65 Å². The first-order valence-electron chi connectivity index (χ1n) is 7.91. The van der Waals surface area contributed by atoms with Crippen LogP contribution >= 0.6 is 11.3 Å². The maximum Gasteiger partial charge on any atom is 0.264 e. The number of rotatable bonds is 3. The van der Waals surface area contributed by atoms with Gasteiger partial charge in [0.2, 0.25) is 0 Å². The number of ketones is 1. The van der Waals surface area contributed by atoms with Crippen LogP contribution in [0.5, 0.6) is 0 Å². The highest BCUT2D eigenvalue weighted by molar-refractivity contribution is 7.12. The molecule has 25 heavy (non-hydrogen) atoms. The van der Waals surface area contributed by atoms with E-state index in [-0.39, 0.29) is 11.7 Å². The summed E-state index contributed by atoms with van der Waals surface area (Å²) in [6.45, 7) is 4.11. The zero-order valence-corrected chi connectivity index (χ0v) is 14.4. The minimum atomic E-state index is -0.0199. The summed E-state index contributed by atoms with van der Waals surface area (Å²) in [6.07, 6.45) is 4.93. The second-order valence-corrected chi connectivity index (χ2v) is 6.74. The van der Waals surface area contributed by atoms with Gasteiger partial charge >= 0.3 is 0 Å². The molecule has 0 spiro atoms. The quantitative estimate of drug-likeness (QED) is 0.659. The molecule has 3 aromatic heterocycles. The Morgan fingerprint density at radius 2 is 1.96 bits per heavy atom. The molecule has 1 aliphatic heterocycles. The van der Waals surface area contributed by atoms with E-state index in [0.29, 0.717) is 42.3 Å². The smallest absolute Gasteiger partial charge is 0.264 e. The van der Waals surface area contributed by atoms with Crippen LogP contribution in [0.15, 0.2) is 30.2 Å². The number of fused-ring (bicyclic) bond motifs is 1. The third-order valence-corrected chi connectivity index (χ3v) is 5.20. The van der Waals surface area contributed by atoms with E-state index in [1.807, 2.05) is 4.90 Å². The fourth-order valence-corrected chi connectivity index (χ4v) is 3.80. The topological polar surface area (TPSA) is 83.7 Å². The van der Waals surface area contributed by atoms with Gasteiger partial charge in [-0.3, -0.25) is 14.6 Å². The molecule has 3 aromatic rings. The fourth-order valence-electron chi connectivity index (χ4n) is 2.88. The second-order valence-electron chi connectivity index (χ2n) is 5.83. The number of anilines is 1. The van der Waals surface area contributed by atoms with Gasteiger partial charge in [-0.15, -0.1) is 11.3 Å². The van der Waals surface area contributed by atoms with E-state index in [4.69, 9.17) is 0 Å². The van der Waals surface area contributed by atoms with Crippen LogP contribution in [0.1, 0.15) is 27.0 Å². The summed E-state index contributed by atoms with van der Waals surface area (Å²) in [5.74, 6) is 0.833. The normalized spacial score (nSPS) is 14.9. The fraction of sp³-hybridized carbons (Fsp3) is 0.312. The van der Waals surface area contributed by atoms with Gasteiger partial charge in [0.25, 0.3) is 5.91 Å². The first-order valence-corrected chi connectivity index (χ1v) is 8.79. The average molecular weight is 356 g/mol. The van der Waals surface area contributed by atoms with E-state index >= 15 is 0 Å². The predicted molar refractivity (Wildman–Crippen MR) is 93.2 cm³/mol. The summed E-state index contributed by atoms with van der Waals surface area (Å²) >= 11 is 1.32. The lowest BCUT2D eigenvalue weighted by Gasteiger charge is -2.35. The summed E-state index contributed by atoms with van der Waals surface area (Å²) < 4.78 is 1.75. The monoisotopic (exact) mass is 356 g/mol. The largest absolute Gasteiger partial charge is 0.352 e. The Balaban J connectivity index is 1.46. The number of carbonyl (C=O) groups is 2. The molecule has 4 rings (SSSR count). The zero-order chi connectivity index (χ0) is 17.4. The summed E-state index contributed by atoms with van der Waals surface area (Å²) in [5.41, 5.74) is 1.29. The van der Waals surface area contributed by atoms with Crippen molar-refractivity contribution in [3.8, 4) is 0 Å². The van der Waals surface area contributed by atoms with E-state index in [1.165, 1.54) is 24.6 Å². The van der Waals surface area contributed by atoms with Gasteiger partial charge in [0, 0.05) is 37.1 Å². The van der Waals surface area contributed by atoms with Crippen molar-refractivity contribution in [1.82, 2.24) is 24.5 Å². The van der Waals surface area contributed by atoms with Gasteiger partial charge in [0.05, 0.1) is 17.3 Å². The average Bonchev–Trinajstić information content (AvgIpc) is 3.30. The van der Waals surface area contributed by atoms with Crippen molar-refractivity contribution in [2.45, 2.75) is 6.92 Å². The molecule has 0 unspecified atom stereocenters. The molecule has 4 heterocycles.